The van der Waals surface area contributed by atoms with Crippen LogP contribution < -0.4 is 0 Å². The Bertz CT molecular complexity index is 451. The Morgan fingerprint density at radius 3 is 2.53 bits per heavy atom. The molecule has 0 saturated carbocycles. The molecule has 0 aliphatic heterocycles. The molecule has 2 unspecified atom stereocenters. The zero-order valence-electron chi connectivity index (χ0n) is 11.4. The van der Waals surface area contributed by atoms with E-state index in [1.165, 1.54) is 0 Å². The van der Waals surface area contributed by atoms with Gasteiger partial charge in [0.1, 0.15) is 0 Å². The lowest BCUT2D eigenvalue weighted by atomic mass is 10.0. The zero-order chi connectivity index (χ0) is 14.6. The van der Waals surface area contributed by atoms with Gasteiger partial charge in [-0.2, -0.15) is 0 Å². The van der Waals surface area contributed by atoms with E-state index in [0.717, 1.165) is 12.1 Å². The van der Waals surface area contributed by atoms with Gasteiger partial charge in [0.25, 0.3) is 0 Å². The number of carbonyl (C=O) groups is 1. The van der Waals surface area contributed by atoms with Crippen LogP contribution in [-0.2, 0) is 4.79 Å². The third-order valence-corrected chi connectivity index (χ3v) is 3.87. The minimum atomic E-state index is -0.789. The van der Waals surface area contributed by atoms with Gasteiger partial charge in [0.15, 0.2) is 0 Å². The van der Waals surface area contributed by atoms with Crippen molar-refractivity contribution in [3.63, 3.8) is 0 Å². The highest BCUT2D eigenvalue weighted by Crippen LogP contribution is 2.30. The summed E-state index contributed by atoms with van der Waals surface area (Å²) in [6.07, 6.45) is 0. The van der Waals surface area contributed by atoms with E-state index in [4.69, 9.17) is 28.3 Å². The molecule has 19 heavy (non-hydrogen) atoms. The Labute approximate surface area is 124 Å². The van der Waals surface area contributed by atoms with E-state index in [0.29, 0.717) is 16.6 Å². The van der Waals surface area contributed by atoms with Crippen molar-refractivity contribution >= 4 is 29.2 Å². The summed E-state index contributed by atoms with van der Waals surface area (Å²) in [6, 6.07) is 5.38. The Hall–Kier alpha value is -0.770. The fourth-order valence-electron chi connectivity index (χ4n) is 2.02. The lowest BCUT2D eigenvalue weighted by molar-refractivity contribution is -0.141. The molecular weight excluding hydrogens is 285 g/mol. The van der Waals surface area contributed by atoms with Crippen molar-refractivity contribution in [2.24, 2.45) is 5.92 Å². The Balaban J connectivity index is 2.91. The quantitative estimate of drug-likeness (QED) is 0.860. The van der Waals surface area contributed by atoms with Crippen molar-refractivity contribution in [2.45, 2.75) is 26.8 Å². The van der Waals surface area contributed by atoms with Gasteiger partial charge in [-0.05, 0) is 37.2 Å². The number of nitrogens with zero attached hydrogens (tertiary/aromatic N) is 1. The van der Waals surface area contributed by atoms with Gasteiger partial charge >= 0.3 is 5.97 Å². The first-order valence-electron chi connectivity index (χ1n) is 6.28. The Kier molecular flexibility index (Phi) is 6.11. The van der Waals surface area contributed by atoms with Crippen LogP contribution >= 0.6 is 23.2 Å². The minimum Gasteiger partial charge on any atom is -0.481 e. The van der Waals surface area contributed by atoms with E-state index < -0.39 is 11.9 Å². The van der Waals surface area contributed by atoms with Gasteiger partial charge in [0.2, 0.25) is 0 Å². The van der Waals surface area contributed by atoms with Gasteiger partial charge in [-0.25, -0.2) is 0 Å². The average molecular weight is 304 g/mol. The fourth-order valence-corrected chi connectivity index (χ4v) is 2.48. The summed E-state index contributed by atoms with van der Waals surface area (Å²) < 4.78 is 0. The summed E-state index contributed by atoms with van der Waals surface area (Å²) >= 11 is 12.2. The van der Waals surface area contributed by atoms with Crippen LogP contribution in [0.3, 0.4) is 0 Å². The number of hydrogen-bond acceptors (Lipinski definition) is 2. The second-order valence-corrected chi connectivity index (χ2v) is 5.51. The normalized spacial score (nSPS) is 14.4. The lowest BCUT2D eigenvalue weighted by Gasteiger charge is -2.30. The monoisotopic (exact) mass is 303 g/mol. The van der Waals surface area contributed by atoms with Gasteiger partial charge < -0.3 is 5.11 Å². The lowest BCUT2D eigenvalue weighted by Crippen LogP contribution is -2.34. The maximum Gasteiger partial charge on any atom is 0.307 e. The van der Waals surface area contributed by atoms with Gasteiger partial charge in [-0.15, -0.1) is 0 Å². The molecule has 0 aliphatic carbocycles. The Morgan fingerprint density at radius 1 is 1.37 bits per heavy atom. The molecule has 0 saturated heterocycles. The smallest absolute Gasteiger partial charge is 0.307 e. The topological polar surface area (TPSA) is 40.5 Å². The number of rotatable bonds is 6. The number of carboxylic acid groups (broad SMARTS) is 1. The minimum absolute atomic E-state index is 0.0259. The molecule has 0 aromatic heterocycles. The van der Waals surface area contributed by atoms with Crippen molar-refractivity contribution in [3.05, 3.63) is 33.8 Å². The third-order valence-electron chi connectivity index (χ3n) is 3.29. The molecule has 2 atom stereocenters. The Morgan fingerprint density at radius 2 is 2.00 bits per heavy atom. The summed E-state index contributed by atoms with van der Waals surface area (Å²) in [6.45, 7) is 6.95. The molecule has 1 N–H and O–H groups in total. The maximum absolute atomic E-state index is 11.0. The second kappa shape index (κ2) is 7.13. The van der Waals surface area contributed by atoms with Crippen LogP contribution in [-0.4, -0.2) is 29.1 Å². The standard InChI is InChI=1S/C14H19Cl2NO2/c1-4-17(8-9(2)14(18)19)10(3)12-7-11(15)5-6-13(12)16/h5-7,9-10H,4,8H2,1-3H3,(H,18,19). The first-order valence-corrected chi connectivity index (χ1v) is 7.04. The van der Waals surface area contributed by atoms with Crippen molar-refractivity contribution in [2.75, 3.05) is 13.1 Å². The molecule has 1 aromatic rings. The molecule has 3 nitrogen and oxygen atoms in total. The number of carboxylic acids is 1. The highest BCUT2D eigenvalue weighted by atomic mass is 35.5. The molecule has 0 aliphatic rings. The number of aliphatic carboxylic acids is 1. The molecule has 0 amide bonds. The molecule has 106 valence electrons. The van der Waals surface area contributed by atoms with Crippen molar-refractivity contribution < 1.29 is 9.90 Å². The number of hydrogen-bond donors (Lipinski definition) is 1. The van der Waals surface area contributed by atoms with Crippen LogP contribution in [0.1, 0.15) is 32.4 Å². The van der Waals surface area contributed by atoms with Crippen LogP contribution in [0.2, 0.25) is 10.0 Å². The average Bonchev–Trinajstić information content (AvgIpc) is 2.37. The molecule has 1 rings (SSSR count). The van der Waals surface area contributed by atoms with Gasteiger partial charge in [0, 0.05) is 22.6 Å². The molecule has 0 heterocycles. The molecule has 0 bridgehead atoms. The van der Waals surface area contributed by atoms with Crippen LogP contribution in [0.25, 0.3) is 0 Å². The molecule has 5 heteroatoms. The highest BCUT2D eigenvalue weighted by Gasteiger charge is 2.21. The van der Waals surface area contributed by atoms with E-state index in [-0.39, 0.29) is 6.04 Å². The van der Waals surface area contributed by atoms with Crippen molar-refractivity contribution in [1.29, 1.82) is 0 Å². The van der Waals surface area contributed by atoms with E-state index in [9.17, 15) is 4.79 Å². The van der Waals surface area contributed by atoms with Crippen LogP contribution in [0.15, 0.2) is 18.2 Å². The second-order valence-electron chi connectivity index (χ2n) is 4.67. The molecule has 0 spiro atoms. The first kappa shape index (κ1) is 16.3. The number of benzene rings is 1. The van der Waals surface area contributed by atoms with Crippen LogP contribution in [0, 0.1) is 5.92 Å². The molecule has 0 radical (unpaired) electrons. The van der Waals surface area contributed by atoms with E-state index in [1.54, 1.807) is 19.1 Å². The summed E-state index contributed by atoms with van der Waals surface area (Å²) in [5.41, 5.74) is 0.925. The van der Waals surface area contributed by atoms with E-state index in [1.807, 2.05) is 19.9 Å². The molecule has 1 aromatic carbocycles. The van der Waals surface area contributed by atoms with Gasteiger partial charge in [0.05, 0.1) is 5.92 Å². The van der Waals surface area contributed by atoms with Crippen molar-refractivity contribution in [1.82, 2.24) is 4.90 Å². The first-order chi connectivity index (χ1) is 8.86. The van der Waals surface area contributed by atoms with Gasteiger partial charge in [-0.3, -0.25) is 9.69 Å². The van der Waals surface area contributed by atoms with E-state index >= 15 is 0 Å². The summed E-state index contributed by atoms with van der Waals surface area (Å²) in [7, 11) is 0. The summed E-state index contributed by atoms with van der Waals surface area (Å²) in [4.78, 5) is 13.0. The SMILES string of the molecule is CCN(CC(C)C(=O)O)C(C)c1cc(Cl)ccc1Cl. The molecule has 0 fully saturated rings. The van der Waals surface area contributed by atoms with E-state index in [2.05, 4.69) is 4.90 Å². The zero-order valence-corrected chi connectivity index (χ0v) is 12.9. The predicted molar refractivity (Wildman–Crippen MR) is 78.9 cm³/mol. The summed E-state index contributed by atoms with van der Waals surface area (Å²) in [5.74, 6) is -1.21. The van der Waals surface area contributed by atoms with Crippen LogP contribution in [0.5, 0.6) is 0 Å². The fraction of sp³-hybridized carbons (Fsp3) is 0.500. The number of halogens is 2. The highest BCUT2D eigenvalue weighted by molar-refractivity contribution is 6.33. The third kappa shape index (κ3) is 4.37. The van der Waals surface area contributed by atoms with Crippen LogP contribution in [0.4, 0.5) is 0 Å². The predicted octanol–water partition coefficient (Wildman–Crippen LogP) is 4.10. The van der Waals surface area contributed by atoms with Crippen molar-refractivity contribution in [3.8, 4) is 0 Å². The maximum atomic E-state index is 11.0. The van der Waals surface area contributed by atoms with Gasteiger partial charge in [-0.1, -0.05) is 37.0 Å². The summed E-state index contributed by atoms with van der Waals surface area (Å²) in [5, 5.41) is 10.3. The largest absolute Gasteiger partial charge is 0.481 e. The molecular formula is C14H19Cl2NO2.